The first-order chi connectivity index (χ1) is 7.13. The molecule has 1 fully saturated rings. The minimum absolute atomic E-state index is 0.350. The zero-order chi connectivity index (χ0) is 10.9. The highest BCUT2D eigenvalue weighted by Crippen LogP contribution is 2.43. The summed E-state index contributed by atoms with van der Waals surface area (Å²) in [7, 11) is 1.97. The topological polar surface area (TPSA) is 43.8 Å². The van der Waals surface area contributed by atoms with Crippen molar-refractivity contribution in [3.05, 3.63) is 18.0 Å². The largest absolute Gasteiger partial charge is 0.330 e. The third-order valence-electron chi connectivity index (χ3n) is 3.72. The van der Waals surface area contributed by atoms with Gasteiger partial charge in [-0.25, -0.2) is 0 Å². The lowest BCUT2D eigenvalue weighted by atomic mass is 9.80. The molecule has 1 aromatic rings. The number of nitrogens with two attached hydrogens (primary N) is 1. The highest BCUT2D eigenvalue weighted by Gasteiger charge is 2.36. The summed E-state index contributed by atoms with van der Waals surface area (Å²) in [5.41, 5.74) is 7.64. The Morgan fingerprint density at radius 2 is 2.47 bits per heavy atom. The van der Waals surface area contributed by atoms with Gasteiger partial charge in [-0.1, -0.05) is 13.3 Å². The maximum atomic E-state index is 5.96. The quantitative estimate of drug-likeness (QED) is 0.820. The van der Waals surface area contributed by atoms with Gasteiger partial charge in [0.25, 0.3) is 0 Å². The Bertz CT molecular complexity index is 331. The zero-order valence-electron chi connectivity index (χ0n) is 9.74. The number of nitrogens with zero attached hydrogens (tertiary/aromatic N) is 2. The van der Waals surface area contributed by atoms with E-state index in [2.05, 4.69) is 18.2 Å². The van der Waals surface area contributed by atoms with Gasteiger partial charge in [-0.15, -0.1) is 0 Å². The average Bonchev–Trinajstić information content (AvgIpc) is 2.75. The molecule has 0 spiro atoms. The second kappa shape index (κ2) is 3.97. The minimum atomic E-state index is 0.350. The van der Waals surface area contributed by atoms with Gasteiger partial charge in [0.2, 0.25) is 0 Å². The van der Waals surface area contributed by atoms with Gasteiger partial charge in [-0.05, 0) is 42.7 Å². The lowest BCUT2D eigenvalue weighted by Crippen LogP contribution is -2.30. The molecule has 84 valence electrons. The normalized spacial score (nSPS) is 31.0. The Morgan fingerprint density at radius 3 is 2.93 bits per heavy atom. The Hall–Kier alpha value is -0.830. The van der Waals surface area contributed by atoms with Crippen LogP contribution in [0.5, 0.6) is 0 Å². The average molecular weight is 207 g/mol. The highest BCUT2D eigenvalue weighted by molar-refractivity contribution is 5.09. The molecule has 2 rings (SSSR count). The van der Waals surface area contributed by atoms with Crippen LogP contribution in [0.2, 0.25) is 0 Å². The lowest BCUT2D eigenvalue weighted by molar-refractivity contribution is 0.295. The van der Waals surface area contributed by atoms with Crippen LogP contribution < -0.4 is 5.73 Å². The zero-order valence-corrected chi connectivity index (χ0v) is 9.74. The molecular formula is C12H21N3. The van der Waals surface area contributed by atoms with Crippen molar-refractivity contribution in [1.82, 2.24) is 9.78 Å². The summed E-state index contributed by atoms with van der Waals surface area (Å²) in [6, 6.07) is 0. The van der Waals surface area contributed by atoms with E-state index in [-0.39, 0.29) is 0 Å². The first kappa shape index (κ1) is 10.7. The molecule has 1 aliphatic carbocycles. The number of aromatic nitrogens is 2. The van der Waals surface area contributed by atoms with Gasteiger partial charge in [-0.3, -0.25) is 4.68 Å². The van der Waals surface area contributed by atoms with Gasteiger partial charge in [0, 0.05) is 13.2 Å². The number of rotatable bonds is 3. The van der Waals surface area contributed by atoms with Crippen LogP contribution >= 0.6 is 0 Å². The molecule has 2 N–H and O–H groups in total. The van der Waals surface area contributed by atoms with Crippen molar-refractivity contribution < 1.29 is 0 Å². The fourth-order valence-corrected chi connectivity index (χ4v) is 2.91. The van der Waals surface area contributed by atoms with E-state index in [0.29, 0.717) is 5.41 Å². The molecule has 2 unspecified atom stereocenters. The van der Waals surface area contributed by atoms with E-state index in [9.17, 15) is 0 Å². The van der Waals surface area contributed by atoms with Crippen molar-refractivity contribution in [3.8, 4) is 0 Å². The summed E-state index contributed by atoms with van der Waals surface area (Å²) < 4.78 is 1.87. The van der Waals surface area contributed by atoms with Crippen molar-refractivity contribution >= 4 is 0 Å². The summed E-state index contributed by atoms with van der Waals surface area (Å²) in [6.45, 7) is 3.15. The van der Waals surface area contributed by atoms with Gasteiger partial charge < -0.3 is 5.73 Å². The molecule has 2 atom stereocenters. The summed E-state index contributed by atoms with van der Waals surface area (Å²) in [6.07, 6.45) is 9.07. The molecule has 0 saturated heterocycles. The molecule has 15 heavy (non-hydrogen) atoms. The predicted molar refractivity (Wildman–Crippen MR) is 61.4 cm³/mol. The smallest absolute Gasteiger partial charge is 0.0521 e. The molecule has 0 radical (unpaired) electrons. The minimum Gasteiger partial charge on any atom is -0.330 e. The second-order valence-corrected chi connectivity index (χ2v) is 5.25. The van der Waals surface area contributed by atoms with Gasteiger partial charge in [0.15, 0.2) is 0 Å². The Morgan fingerprint density at radius 1 is 1.67 bits per heavy atom. The summed E-state index contributed by atoms with van der Waals surface area (Å²) in [5, 5.41) is 4.22. The van der Waals surface area contributed by atoms with E-state index < -0.39 is 0 Å². The molecule has 1 saturated carbocycles. The van der Waals surface area contributed by atoms with E-state index in [0.717, 1.165) is 18.9 Å². The maximum Gasteiger partial charge on any atom is 0.0521 e. The van der Waals surface area contributed by atoms with Crippen molar-refractivity contribution in [2.45, 2.75) is 32.6 Å². The van der Waals surface area contributed by atoms with E-state index in [1.165, 1.54) is 24.8 Å². The van der Waals surface area contributed by atoms with Crippen LogP contribution in [0.3, 0.4) is 0 Å². The molecule has 0 bridgehead atoms. The maximum absolute atomic E-state index is 5.96. The Kier molecular flexibility index (Phi) is 2.83. The van der Waals surface area contributed by atoms with Crippen molar-refractivity contribution in [1.29, 1.82) is 0 Å². The van der Waals surface area contributed by atoms with Crippen molar-refractivity contribution in [2.75, 3.05) is 6.54 Å². The Labute approximate surface area is 91.7 Å². The van der Waals surface area contributed by atoms with Gasteiger partial charge in [-0.2, -0.15) is 5.10 Å². The van der Waals surface area contributed by atoms with Crippen LogP contribution in [0.4, 0.5) is 0 Å². The highest BCUT2D eigenvalue weighted by atomic mass is 15.2. The molecule has 0 aliphatic heterocycles. The van der Waals surface area contributed by atoms with Crippen LogP contribution in [0.15, 0.2) is 12.4 Å². The fourth-order valence-electron chi connectivity index (χ4n) is 2.91. The van der Waals surface area contributed by atoms with Crippen LogP contribution in [0, 0.1) is 11.3 Å². The fraction of sp³-hybridized carbons (Fsp3) is 0.750. The van der Waals surface area contributed by atoms with Crippen molar-refractivity contribution in [3.63, 3.8) is 0 Å². The summed E-state index contributed by atoms with van der Waals surface area (Å²) in [4.78, 5) is 0. The summed E-state index contributed by atoms with van der Waals surface area (Å²) >= 11 is 0. The van der Waals surface area contributed by atoms with Gasteiger partial charge in [0.05, 0.1) is 6.20 Å². The molecule has 3 heteroatoms. The number of hydrogen-bond donors (Lipinski definition) is 1. The van der Waals surface area contributed by atoms with Crippen LogP contribution in [0.25, 0.3) is 0 Å². The molecule has 3 nitrogen and oxygen atoms in total. The predicted octanol–water partition coefficient (Wildman–Crippen LogP) is 1.73. The molecule has 1 aliphatic rings. The second-order valence-electron chi connectivity index (χ2n) is 5.25. The van der Waals surface area contributed by atoms with Crippen molar-refractivity contribution in [2.24, 2.45) is 24.1 Å². The first-order valence-electron chi connectivity index (χ1n) is 5.81. The van der Waals surface area contributed by atoms with Crippen LogP contribution in [-0.2, 0) is 13.5 Å². The monoisotopic (exact) mass is 207 g/mol. The standard InChI is InChI=1S/C12H21N3/c1-10-3-4-12(5-10,9-13)6-11-7-14-15(2)8-11/h7-8,10H,3-6,9,13H2,1-2H3. The van der Waals surface area contributed by atoms with E-state index >= 15 is 0 Å². The lowest BCUT2D eigenvalue weighted by Gasteiger charge is -2.26. The van der Waals surface area contributed by atoms with Crippen LogP contribution in [-0.4, -0.2) is 16.3 Å². The van der Waals surface area contributed by atoms with E-state index in [4.69, 9.17) is 5.73 Å². The molecule has 0 aromatic carbocycles. The molecule has 0 amide bonds. The van der Waals surface area contributed by atoms with E-state index in [1.807, 2.05) is 17.9 Å². The molecule has 1 aromatic heterocycles. The SMILES string of the molecule is CC1CCC(CN)(Cc2cnn(C)c2)C1. The third kappa shape index (κ3) is 2.23. The molecule has 1 heterocycles. The van der Waals surface area contributed by atoms with Crippen LogP contribution in [0.1, 0.15) is 31.7 Å². The summed E-state index contributed by atoms with van der Waals surface area (Å²) in [5.74, 6) is 0.838. The van der Waals surface area contributed by atoms with Gasteiger partial charge >= 0.3 is 0 Å². The first-order valence-corrected chi connectivity index (χ1v) is 5.81. The Balaban J connectivity index is 2.08. The number of aryl methyl sites for hydroxylation is 1. The van der Waals surface area contributed by atoms with Gasteiger partial charge in [0.1, 0.15) is 0 Å². The molecular weight excluding hydrogens is 186 g/mol. The number of hydrogen-bond acceptors (Lipinski definition) is 2. The van der Waals surface area contributed by atoms with E-state index in [1.54, 1.807) is 0 Å². The third-order valence-corrected chi connectivity index (χ3v) is 3.72.